The highest BCUT2D eigenvalue weighted by atomic mass is 32.1. The highest BCUT2D eigenvalue weighted by Crippen LogP contribution is 2.44. The quantitative estimate of drug-likeness (QED) is 0.495. The lowest BCUT2D eigenvalue weighted by molar-refractivity contribution is -0.115. The zero-order valence-electron chi connectivity index (χ0n) is 22.7. The van der Waals surface area contributed by atoms with Crippen molar-refractivity contribution in [1.29, 1.82) is 0 Å². The van der Waals surface area contributed by atoms with Crippen molar-refractivity contribution in [3.05, 3.63) is 43.7 Å². The first-order valence-corrected chi connectivity index (χ1v) is 14.7. The van der Waals surface area contributed by atoms with Gasteiger partial charge in [-0.1, -0.05) is 18.6 Å². The van der Waals surface area contributed by atoms with E-state index in [4.69, 9.17) is 4.74 Å². The number of allylic oxidation sites excluding steroid dienone is 3. The number of hydrogen-bond donors (Lipinski definition) is 0. The molecule has 0 bridgehead atoms. The number of Topliss-reactive ketones (excluding diaryl/α,β-unsaturated/α-hetero) is 1. The van der Waals surface area contributed by atoms with Crippen LogP contribution in [0, 0.1) is 12.8 Å². The second kappa shape index (κ2) is 10.5. The SMILES string of the molecule is COC1CN(C2CCC(C(C)c3sc4c(c3C)C(=O)N(CC3=C(C)C=C(C)CC3=O)CCC4)CC2)C1. The maximum atomic E-state index is 13.8. The number of carbonyl (C=O) groups is 2. The first-order chi connectivity index (χ1) is 17.3. The van der Waals surface area contributed by atoms with Crippen LogP contribution in [0.5, 0.6) is 0 Å². The molecule has 2 aliphatic carbocycles. The largest absolute Gasteiger partial charge is 0.379 e. The van der Waals surface area contributed by atoms with Gasteiger partial charge in [0.05, 0.1) is 11.7 Å². The molecule has 1 saturated carbocycles. The van der Waals surface area contributed by atoms with Crippen molar-refractivity contribution in [1.82, 2.24) is 9.80 Å². The van der Waals surface area contributed by atoms with Gasteiger partial charge >= 0.3 is 0 Å². The Hall–Kier alpha value is -1.76. The summed E-state index contributed by atoms with van der Waals surface area (Å²) < 4.78 is 5.47. The molecular formula is C30H42N2O3S. The first kappa shape index (κ1) is 25.9. The third-order valence-electron chi connectivity index (χ3n) is 9.24. The van der Waals surface area contributed by atoms with E-state index in [2.05, 4.69) is 24.8 Å². The third kappa shape index (κ3) is 4.89. The molecule has 1 saturated heterocycles. The standard InChI is InChI=1S/C30H42N2O3S/c1-18-13-19(2)25(26(33)14-18)17-31-12-6-7-27-28(30(31)34)21(4)29(36-27)20(3)22-8-10-23(11-9-22)32-15-24(16-32)35-5/h13,20,22-24H,6-12,14-17H2,1-5H3. The van der Waals surface area contributed by atoms with Crippen molar-refractivity contribution in [2.24, 2.45) is 5.92 Å². The summed E-state index contributed by atoms with van der Waals surface area (Å²) >= 11 is 1.89. The van der Waals surface area contributed by atoms with E-state index < -0.39 is 0 Å². The van der Waals surface area contributed by atoms with Gasteiger partial charge in [-0.3, -0.25) is 14.5 Å². The summed E-state index contributed by atoms with van der Waals surface area (Å²) in [5, 5.41) is 0. The zero-order valence-corrected chi connectivity index (χ0v) is 23.5. The van der Waals surface area contributed by atoms with Crippen LogP contribution in [0.25, 0.3) is 0 Å². The number of thiophene rings is 1. The van der Waals surface area contributed by atoms with Gasteiger partial charge in [-0.15, -0.1) is 11.3 Å². The van der Waals surface area contributed by atoms with Crippen LogP contribution in [0.4, 0.5) is 0 Å². The summed E-state index contributed by atoms with van der Waals surface area (Å²) in [5.41, 5.74) is 5.07. The van der Waals surface area contributed by atoms with Crippen LogP contribution in [0.15, 0.2) is 22.8 Å². The molecule has 0 aromatic carbocycles. The molecule has 5 nitrogen and oxygen atoms in total. The molecule has 1 amide bonds. The van der Waals surface area contributed by atoms with E-state index in [0.717, 1.165) is 60.8 Å². The number of fused-ring (bicyclic) bond motifs is 1. The minimum atomic E-state index is 0.128. The predicted molar refractivity (Wildman–Crippen MR) is 146 cm³/mol. The smallest absolute Gasteiger partial charge is 0.255 e. The van der Waals surface area contributed by atoms with Gasteiger partial charge in [0.1, 0.15) is 0 Å². The van der Waals surface area contributed by atoms with Crippen LogP contribution in [-0.4, -0.2) is 66.9 Å². The first-order valence-electron chi connectivity index (χ1n) is 13.8. The van der Waals surface area contributed by atoms with E-state index in [1.807, 2.05) is 37.2 Å². The molecule has 2 aliphatic heterocycles. The Morgan fingerprint density at radius 2 is 1.83 bits per heavy atom. The van der Waals surface area contributed by atoms with Gasteiger partial charge < -0.3 is 9.64 Å². The number of nitrogens with zero attached hydrogens (tertiary/aromatic N) is 2. The van der Waals surface area contributed by atoms with E-state index in [0.29, 0.717) is 30.9 Å². The highest BCUT2D eigenvalue weighted by Gasteiger charge is 2.37. The maximum absolute atomic E-state index is 13.8. The third-order valence-corrected chi connectivity index (χ3v) is 10.8. The molecule has 0 N–H and O–H groups in total. The molecule has 1 atom stereocenters. The lowest BCUT2D eigenvalue weighted by Gasteiger charge is -2.46. The summed E-state index contributed by atoms with van der Waals surface area (Å²) in [6, 6.07) is 0.718. The molecule has 0 radical (unpaired) electrons. The molecule has 1 aromatic rings. The molecule has 0 spiro atoms. The van der Waals surface area contributed by atoms with Gasteiger partial charge in [-0.2, -0.15) is 0 Å². The highest BCUT2D eigenvalue weighted by molar-refractivity contribution is 7.12. The minimum Gasteiger partial charge on any atom is -0.379 e. The summed E-state index contributed by atoms with van der Waals surface area (Å²) in [7, 11) is 1.82. The molecular weight excluding hydrogens is 468 g/mol. The Labute approximate surface area is 220 Å². The average molecular weight is 511 g/mol. The fraction of sp³-hybridized carbons (Fsp3) is 0.667. The molecule has 4 aliphatic rings. The van der Waals surface area contributed by atoms with Gasteiger partial charge in [0.15, 0.2) is 5.78 Å². The van der Waals surface area contributed by atoms with Crippen molar-refractivity contribution >= 4 is 23.0 Å². The Kier molecular flexibility index (Phi) is 7.58. The number of hydrogen-bond acceptors (Lipinski definition) is 5. The van der Waals surface area contributed by atoms with Crippen molar-refractivity contribution < 1.29 is 14.3 Å². The Morgan fingerprint density at radius 3 is 2.50 bits per heavy atom. The van der Waals surface area contributed by atoms with Gasteiger partial charge in [-0.25, -0.2) is 0 Å². The molecule has 3 heterocycles. The number of rotatable bonds is 6. The van der Waals surface area contributed by atoms with E-state index in [1.54, 1.807) is 0 Å². The summed E-state index contributed by atoms with van der Waals surface area (Å²) in [6.45, 7) is 11.9. The van der Waals surface area contributed by atoms with Crippen LogP contribution < -0.4 is 0 Å². The number of amides is 1. The zero-order chi connectivity index (χ0) is 25.6. The van der Waals surface area contributed by atoms with E-state index in [1.165, 1.54) is 41.0 Å². The predicted octanol–water partition coefficient (Wildman–Crippen LogP) is 5.67. The Balaban J connectivity index is 1.28. The lowest BCUT2D eigenvalue weighted by atomic mass is 9.76. The topological polar surface area (TPSA) is 49.9 Å². The van der Waals surface area contributed by atoms with Gasteiger partial charge in [-0.05, 0) is 82.3 Å². The molecule has 36 heavy (non-hydrogen) atoms. The second-order valence-electron chi connectivity index (χ2n) is 11.6. The summed E-state index contributed by atoms with van der Waals surface area (Å²) in [4.78, 5) is 33.8. The number of methoxy groups -OCH3 is 1. The number of likely N-dealkylation sites (tertiary alicyclic amines) is 1. The fourth-order valence-corrected chi connectivity index (χ4v) is 8.40. The molecule has 5 rings (SSSR count). The molecule has 1 unspecified atom stereocenters. The number of ketones is 1. The molecule has 6 heteroatoms. The lowest BCUT2D eigenvalue weighted by Crippen LogP contribution is -2.56. The van der Waals surface area contributed by atoms with Crippen LogP contribution in [0.2, 0.25) is 0 Å². The monoisotopic (exact) mass is 510 g/mol. The maximum Gasteiger partial charge on any atom is 0.255 e. The Morgan fingerprint density at radius 1 is 1.11 bits per heavy atom. The van der Waals surface area contributed by atoms with Crippen LogP contribution in [0.3, 0.4) is 0 Å². The second-order valence-corrected chi connectivity index (χ2v) is 12.8. The molecule has 2 fully saturated rings. The van der Waals surface area contributed by atoms with E-state index >= 15 is 0 Å². The van der Waals surface area contributed by atoms with E-state index in [-0.39, 0.29) is 11.7 Å². The molecule has 1 aromatic heterocycles. The Bertz CT molecular complexity index is 1090. The van der Waals surface area contributed by atoms with Crippen molar-refractivity contribution in [3.8, 4) is 0 Å². The van der Waals surface area contributed by atoms with E-state index in [9.17, 15) is 9.59 Å². The number of carbonyl (C=O) groups excluding carboxylic acids is 2. The van der Waals surface area contributed by atoms with Gasteiger partial charge in [0.2, 0.25) is 0 Å². The fourth-order valence-electron chi connectivity index (χ4n) is 6.91. The average Bonchev–Trinajstić information content (AvgIpc) is 3.06. The van der Waals surface area contributed by atoms with Crippen LogP contribution in [-0.2, 0) is 16.0 Å². The van der Waals surface area contributed by atoms with Crippen molar-refractivity contribution in [2.75, 3.05) is 33.3 Å². The van der Waals surface area contributed by atoms with Crippen LogP contribution >= 0.6 is 11.3 Å². The normalized spacial score (nSPS) is 27.0. The summed E-state index contributed by atoms with van der Waals surface area (Å²) in [5.74, 6) is 1.48. The van der Waals surface area contributed by atoms with Crippen molar-refractivity contribution in [2.45, 2.75) is 90.7 Å². The minimum absolute atomic E-state index is 0.128. The number of aryl methyl sites for hydroxylation is 1. The summed E-state index contributed by atoms with van der Waals surface area (Å²) in [6.07, 6.45) is 10.0. The molecule has 196 valence electrons. The van der Waals surface area contributed by atoms with Gasteiger partial charge in [0.25, 0.3) is 5.91 Å². The van der Waals surface area contributed by atoms with Gasteiger partial charge in [0, 0.05) is 61.1 Å². The van der Waals surface area contributed by atoms with Crippen LogP contribution in [0.1, 0.15) is 90.9 Å². The number of ether oxygens (including phenoxy) is 1. The van der Waals surface area contributed by atoms with Crippen molar-refractivity contribution in [3.63, 3.8) is 0 Å².